The summed E-state index contributed by atoms with van der Waals surface area (Å²) in [5.74, 6) is -2.60. The van der Waals surface area contributed by atoms with Crippen molar-refractivity contribution < 1.29 is 19.8 Å². The molecule has 1 aliphatic rings. The summed E-state index contributed by atoms with van der Waals surface area (Å²) in [5.41, 5.74) is 2.55. The predicted octanol–water partition coefficient (Wildman–Crippen LogP) is 3.93. The molecule has 120 valence electrons. The van der Waals surface area contributed by atoms with Crippen LogP contribution in [0.15, 0.2) is 60.7 Å². The van der Waals surface area contributed by atoms with Crippen molar-refractivity contribution in [1.82, 2.24) is 0 Å². The molecule has 0 heterocycles. The first-order valence-corrected chi connectivity index (χ1v) is 7.64. The van der Waals surface area contributed by atoms with E-state index in [9.17, 15) is 9.59 Å². The van der Waals surface area contributed by atoms with E-state index >= 15 is 0 Å². The molecular formula is C19H20O4. The third-order valence-corrected chi connectivity index (χ3v) is 4.01. The van der Waals surface area contributed by atoms with Gasteiger partial charge in [-0.2, -0.15) is 0 Å². The lowest BCUT2D eigenvalue weighted by atomic mass is 10.1. The molecule has 3 rings (SSSR count). The average molecular weight is 312 g/mol. The second kappa shape index (κ2) is 8.13. The fraction of sp³-hybridized carbons (Fsp3) is 0.263. The molecular weight excluding hydrogens is 292 g/mol. The van der Waals surface area contributed by atoms with Crippen molar-refractivity contribution in [1.29, 1.82) is 0 Å². The molecule has 0 spiro atoms. The number of carbonyl (C=O) groups is 2. The van der Waals surface area contributed by atoms with Crippen LogP contribution in [0.5, 0.6) is 0 Å². The molecule has 4 nitrogen and oxygen atoms in total. The smallest absolute Gasteiger partial charge is 0.306 e. The molecule has 0 bridgehead atoms. The van der Waals surface area contributed by atoms with Crippen molar-refractivity contribution in [3.63, 3.8) is 0 Å². The van der Waals surface area contributed by atoms with Crippen LogP contribution in [0.2, 0.25) is 0 Å². The lowest BCUT2D eigenvalue weighted by Gasteiger charge is -2.01. The molecule has 1 saturated carbocycles. The fourth-order valence-electron chi connectivity index (χ4n) is 2.69. The molecule has 4 heteroatoms. The Balaban J connectivity index is 0.000000168. The number of rotatable bonds is 3. The molecule has 2 aromatic carbocycles. The van der Waals surface area contributed by atoms with E-state index in [0.717, 1.165) is 0 Å². The molecule has 23 heavy (non-hydrogen) atoms. The van der Waals surface area contributed by atoms with Gasteiger partial charge in [-0.05, 0) is 30.4 Å². The van der Waals surface area contributed by atoms with Gasteiger partial charge in [0.25, 0.3) is 0 Å². The Bertz CT molecular complexity index is 579. The van der Waals surface area contributed by atoms with Gasteiger partial charge < -0.3 is 10.2 Å². The maximum absolute atomic E-state index is 10.4. The van der Waals surface area contributed by atoms with E-state index in [1.54, 1.807) is 0 Å². The van der Waals surface area contributed by atoms with Crippen molar-refractivity contribution in [2.75, 3.05) is 0 Å². The van der Waals surface area contributed by atoms with Crippen LogP contribution in [0, 0.1) is 11.8 Å². The number of hydrogen-bond acceptors (Lipinski definition) is 2. The Labute approximate surface area is 135 Å². The van der Waals surface area contributed by atoms with Crippen LogP contribution in [-0.4, -0.2) is 22.2 Å². The minimum Gasteiger partial charge on any atom is -0.481 e. The highest BCUT2D eigenvalue weighted by molar-refractivity contribution is 5.75. The summed E-state index contributed by atoms with van der Waals surface area (Å²) in [5, 5.41) is 17.0. The van der Waals surface area contributed by atoms with E-state index in [1.807, 2.05) is 12.1 Å². The first-order chi connectivity index (χ1) is 11.1. The van der Waals surface area contributed by atoms with E-state index in [0.29, 0.717) is 19.3 Å². The van der Waals surface area contributed by atoms with Crippen LogP contribution in [0.4, 0.5) is 0 Å². The highest BCUT2D eigenvalue weighted by atomic mass is 16.4. The summed E-state index contributed by atoms with van der Waals surface area (Å²) in [6, 6.07) is 20.8. The van der Waals surface area contributed by atoms with Gasteiger partial charge in [-0.25, -0.2) is 0 Å². The predicted molar refractivity (Wildman–Crippen MR) is 88.0 cm³/mol. The lowest BCUT2D eigenvalue weighted by Crippen LogP contribution is -2.13. The van der Waals surface area contributed by atoms with E-state index in [4.69, 9.17) is 10.2 Å². The first-order valence-electron chi connectivity index (χ1n) is 7.64. The minimum absolute atomic E-state index is 0.296. The topological polar surface area (TPSA) is 74.6 Å². The summed E-state index contributed by atoms with van der Waals surface area (Å²) in [4.78, 5) is 20.8. The first kappa shape index (κ1) is 16.7. The zero-order valence-electron chi connectivity index (χ0n) is 12.8. The highest BCUT2D eigenvalue weighted by Gasteiger charge is 2.33. The minimum atomic E-state index is -0.867. The molecule has 0 aromatic heterocycles. The molecule has 2 aromatic rings. The Morgan fingerprint density at radius 3 is 1.30 bits per heavy atom. The maximum atomic E-state index is 10.4. The Morgan fingerprint density at radius 2 is 1.04 bits per heavy atom. The standard InChI is InChI=1S/C12H10.C7H10O4/c1-3-7-11(8-4-1)12-9-5-2-6-10-12;8-6(9)4-1-2-5(3-4)7(10)11/h1-10H;4-5H,1-3H2,(H,8,9)(H,10,11). The molecule has 2 N–H and O–H groups in total. The van der Waals surface area contributed by atoms with Gasteiger partial charge in [0.2, 0.25) is 0 Å². The van der Waals surface area contributed by atoms with Crippen LogP contribution in [-0.2, 0) is 9.59 Å². The largest absolute Gasteiger partial charge is 0.481 e. The molecule has 1 fully saturated rings. The van der Waals surface area contributed by atoms with Gasteiger partial charge in [0, 0.05) is 0 Å². The number of aliphatic carboxylic acids is 2. The van der Waals surface area contributed by atoms with Crippen LogP contribution in [0.3, 0.4) is 0 Å². The number of hydrogen-bond donors (Lipinski definition) is 2. The van der Waals surface area contributed by atoms with Crippen molar-refractivity contribution in [2.45, 2.75) is 19.3 Å². The second-order valence-corrected chi connectivity index (χ2v) is 5.62. The molecule has 0 radical (unpaired) electrons. The zero-order valence-corrected chi connectivity index (χ0v) is 12.8. The summed E-state index contributed by atoms with van der Waals surface area (Å²) in [6.45, 7) is 0. The summed E-state index contributed by atoms with van der Waals surface area (Å²) in [6.07, 6.45) is 1.31. The summed E-state index contributed by atoms with van der Waals surface area (Å²) < 4.78 is 0. The van der Waals surface area contributed by atoms with Gasteiger partial charge in [-0.3, -0.25) is 9.59 Å². The van der Waals surface area contributed by atoms with Crippen LogP contribution in [0.1, 0.15) is 19.3 Å². The van der Waals surface area contributed by atoms with E-state index < -0.39 is 23.8 Å². The molecule has 1 aliphatic carbocycles. The monoisotopic (exact) mass is 312 g/mol. The number of carboxylic acids is 2. The SMILES string of the molecule is O=C(O)C1CCC(C(=O)O)C1.c1ccc(-c2ccccc2)cc1. The molecule has 2 unspecified atom stereocenters. The third kappa shape index (κ3) is 4.95. The molecule has 0 amide bonds. The van der Waals surface area contributed by atoms with Gasteiger partial charge in [0.05, 0.1) is 11.8 Å². The van der Waals surface area contributed by atoms with Crippen LogP contribution < -0.4 is 0 Å². The number of benzene rings is 2. The Kier molecular flexibility index (Phi) is 5.92. The Hall–Kier alpha value is -2.62. The number of carboxylic acid groups (broad SMARTS) is 2. The quantitative estimate of drug-likeness (QED) is 0.900. The molecule has 2 atom stereocenters. The molecule has 0 aliphatic heterocycles. The fourth-order valence-corrected chi connectivity index (χ4v) is 2.69. The lowest BCUT2D eigenvalue weighted by molar-refractivity contribution is -0.143. The Morgan fingerprint density at radius 1 is 0.696 bits per heavy atom. The third-order valence-electron chi connectivity index (χ3n) is 4.01. The second-order valence-electron chi connectivity index (χ2n) is 5.62. The molecule has 0 saturated heterocycles. The van der Waals surface area contributed by atoms with Gasteiger partial charge in [-0.15, -0.1) is 0 Å². The van der Waals surface area contributed by atoms with E-state index in [2.05, 4.69) is 48.5 Å². The average Bonchev–Trinajstić information content (AvgIpc) is 3.08. The van der Waals surface area contributed by atoms with Gasteiger partial charge in [0.15, 0.2) is 0 Å². The normalized spacial score (nSPS) is 19.5. The van der Waals surface area contributed by atoms with Crippen molar-refractivity contribution in [3.8, 4) is 11.1 Å². The van der Waals surface area contributed by atoms with Gasteiger partial charge in [0.1, 0.15) is 0 Å². The maximum Gasteiger partial charge on any atom is 0.306 e. The van der Waals surface area contributed by atoms with Gasteiger partial charge in [-0.1, -0.05) is 60.7 Å². The van der Waals surface area contributed by atoms with Crippen LogP contribution >= 0.6 is 0 Å². The van der Waals surface area contributed by atoms with Gasteiger partial charge >= 0.3 is 11.9 Å². The highest BCUT2D eigenvalue weighted by Crippen LogP contribution is 2.30. The van der Waals surface area contributed by atoms with Crippen molar-refractivity contribution in [3.05, 3.63) is 60.7 Å². The van der Waals surface area contributed by atoms with Crippen molar-refractivity contribution >= 4 is 11.9 Å². The summed E-state index contributed by atoms with van der Waals surface area (Å²) in [7, 11) is 0. The van der Waals surface area contributed by atoms with E-state index in [1.165, 1.54) is 11.1 Å². The van der Waals surface area contributed by atoms with Crippen molar-refractivity contribution in [2.24, 2.45) is 11.8 Å². The zero-order chi connectivity index (χ0) is 16.7. The summed E-state index contributed by atoms with van der Waals surface area (Å²) >= 11 is 0. The van der Waals surface area contributed by atoms with E-state index in [-0.39, 0.29) is 0 Å². The van der Waals surface area contributed by atoms with Crippen LogP contribution in [0.25, 0.3) is 11.1 Å².